The average molecular weight is 225 g/mol. The number of hydrogen-bond donors (Lipinski definition) is 3. The number of nitrogens with zero attached hydrogens (tertiary/aromatic N) is 1. The highest BCUT2D eigenvalue weighted by atomic mass is 32.2. The van der Waals surface area contributed by atoms with Gasteiger partial charge in [-0.25, -0.2) is 0 Å². The molecule has 4 N–H and O–H groups in total. The molecule has 2 unspecified atom stereocenters. The van der Waals surface area contributed by atoms with E-state index in [1.165, 1.54) is 11.8 Å². The van der Waals surface area contributed by atoms with Crippen LogP contribution in [0.1, 0.15) is 19.5 Å². The molecule has 0 aliphatic carbocycles. The van der Waals surface area contributed by atoms with Crippen LogP contribution in [0.15, 0.2) is 23.2 Å². The Balaban J connectivity index is 2.89. The molecule has 1 heterocycles. The summed E-state index contributed by atoms with van der Waals surface area (Å²) in [5.74, 6) is -0.0455. The molecule has 0 amide bonds. The van der Waals surface area contributed by atoms with Crippen molar-refractivity contribution in [2.45, 2.75) is 30.1 Å². The highest BCUT2D eigenvalue weighted by Gasteiger charge is 2.14. The molecule has 1 aromatic heterocycles. The second-order valence-corrected chi connectivity index (χ2v) is 4.75. The van der Waals surface area contributed by atoms with Gasteiger partial charge < -0.3 is 10.8 Å². The molecule has 5 heteroatoms. The lowest BCUT2D eigenvalue weighted by atomic mass is 10.3. The van der Waals surface area contributed by atoms with Crippen LogP contribution >= 0.6 is 11.8 Å². The number of aliphatic hydroxyl groups excluding tert-OH is 1. The van der Waals surface area contributed by atoms with Crippen molar-refractivity contribution < 1.29 is 5.11 Å². The molecular formula is C10H15N3OS. The van der Waals surface area contributed by atoms with Gasteiger partial charge in [-0.2, -0.15) is 0 Å². The average Bonchev–Trinajstić information content (AvgIpc) is 2.18. The molecule has 82 valence electrons. The summed E-state index contributed by atoms with van der Waals surface area (Å²) in [6, 6.07) is 3.65. The number of pyridine rings is 1. The first-order chi connectivity index (χ1) is 7.02. The van der Waals surface area contributed by atoms with Crippen molar-refractivity contribution in [3.63, 3.8) is 0 Å². The van der Waals surface area contributed by atoms with Crippen LogP contribution in [-0.4, -0.2) is 27.3 Å². The number of thioether (sulfide) groups is 1. The van der Waals surface area contributed by atoms with E-state index >= 15 is 0 Å². The molecule has 2 atom stereocenters. The van der Waals surface area contributed by atoms with Crippen molar-refractivity contribution in [1.29, 1.82) is 5.41 Å². The van der Waals surface area contributed by atoms with Gasteiger partial charge in [-0.05, 0) is 19.1 Å². The summed E-state index contributed by atoms with van der Waals surface area (Å²) in [5.41, 5.74) is 5.89. The maximum Gasteiger partial charge on any atom is 0.142 e. The Morgan fingerprint density at radius 2 is 2.27 bits per heavy atom. The van der Waals surface area contributed by atoms with Gasteiger partial charge in [0.25, 0.3) is 0 Å². The van der Waals surface area contributed by atoms with Crippen molar-refractivity contribution in [2.75, 3.05) is 0 Å². The van der Waals surface area contributed by atoms with Crippen LogP contribution < -0.4 is 5.73 Å². The zero-order valence-corrected chi connectivity index (χ0v) is 9.58. The summed E-state index contributed by atoms with van der Waals surface area (Å²) in [6.45, 7) is 3.66. The first-order valence-corrected chi connectivity index (χ1v) is 5.54. The predicted molar refractivity (Wildman–Crippen MR) is 62.3 cm³/mol. The summed E-state index contributed by atoms with van der Waals surface area (Å²) in [7, 11) is 0. The van der Waals surface area contributed by atoms with Gasteiger partial charge in [0.05, 0.1) is 6.10 Å². The Morgan fingerprint density at radius 3 is 2.80 bits per heavy atom. The molecule has 0 bridgehead atoms. The molecule has 4 nitrogen and oxygen atoms in total. The Morgan fingerprint density at radius 1 is 1.60 bits per heavy atom. The molecule has 15 heavy (non-hydrogen) atoms. The van der Waals surface area contributed by atoms with Crippen LogP contribution in [0.2, 0.25) is 0 Å². The first kappa shape index (κ1) is 12.0. The van der Waals surface area contributed by atoms with Gasteiger partial charge in [-0.1, -0.05) is 6.92 Å². The van der Waals surface area contributed by atoms with Gasteiger partial charge in [-0.15, -0.1) is 11.8 Å². The first-order valence-electron chi connectivity index (χ1n) is 4.66. The SMILES string of the molecule is CC(O)C(C)Sc1cccnc1C(=N)N. The lowest BCUT2D eigenvalue weighted by Crippen LogP contribution is -2.18. The van der Waals surface area contributed by atoms with Crippen LogP contribution in [0.5, 0.6) is 0 Å². The van der Waals surface area contributed by atoms with E-state index in [1.54, 1.807) is 19.2 Å². The topological polar surface area (TPSA) is 83.0 Å². The van der Waals surface area contributed by atoms with Crippen LogP contribution in [0, 0.1) is 5.41 Å². The maximum absolute atomic E-state index is 9.39. The summed E-state index contributed by atoms with van der Waals surface area (Å²) < 4.78 is 0. The fraction of sp³-hybridized carbons (Fsp3) is 0.400. The molecule has 1 rings (SSSR count). The van der Waals surface area contributed by atoms with E-state index < -0.39 is 6.10 Å². The quantitative estimate of drug-likeness (QED) is 0.409. The Kier molecular flexibility index (Phi) is 4.11. The molecule has 0 aliphatic rings. The molecule has 0 saturated carbocycles. The minimum Gasteiger partial charge on any atom is -0.392 e. The van der Waals surface area contributed by atoms with E-state index in [1.807, 2.05) is 13.0 Å². The van der Waals surface area contributed by atoms with Gasteiger partial charge in [0.15, 0.2) is 0 Å². The standard InChI is InChI=1S/C10H15N3OS/c1-6(14)7(2)15-8-4-3-5-13-9(8)10(11)12/h3-7,14H,1-2H3,(H3,11,12). The third-order valence-corrected chi connectivity index (χ3v) is 3.37. The number of rotatable bonds is 4. The number of nitrogens with two attached hydrogens (primary N) is 1. The number of hydrogen-bond acceptors (Lipinski definition) is 4. The van der Waals surface area contributed by atoms with Crippen molar-refractivity contribution in [2.24, 2.45) is 5.73 Å². The summed E-state index contributed by atoms with van der Waals surface area (Å²) in [5, 5.41) is 16.8. The zero-order chi connectivity index (χ0) is 11.4. The van der Waals surface area contributed by atoms with Gasteiger partial charge >= 0.3 is 0 Å². The zero-order valence-electron chi connectivity index (χ0n) is 8.77. The summed E-state index contributed by atoms with van der Waals surface area (Å²) in [4.78, 5) is 4.87. The highest BCUT2D eigenvalue weighted by molar-refractivity contribution is 8.00. The third-order valence-electron chi connectivity index (χ3n) is 2.02. The van der Waals surface area contributed by atoms with Gasteiger partial charge in [0.2, 0.25) is 0 Å². The number of amidine groups is 1. The molecule has 0 fully saturated rings. The molecule has 0 saturated heterocycles. The Labute approximate surface area is 93.4 Å². The predicted octanol–water partition coefficient (Wildman–Crippen LogP) is 1.23. The van der Waals surface area contributed by atoms with Crippen LogP contribution in [0.25, 0.3) is 0 Å². The fourth-order valence-electron chi connectivity index (χ4n) is 0.987. The van der Waals surface area contributed by atoms with E-state index in [-0.39, 0.29) is 11.1 Å². The van der Waals surface area contributed by atoms with E-state index in [2.05, 4.69) is 4.98 Å². The minimum atomic E-state index is -0.407. The van der Waals surface area contributed by atoms with Gasteiger partial charge in [0, 0.05) is 16.3 Å². The summed E-state index contributed by atoms with van der Waals surface area (Å²) >= 11 is 1.47. The van der Waals surface area contributed by atoms with Crippen LogP contribution in [0.3, 0.4) is 0 Å². The van der Waals surface area contributed by atoms with Crippen molar-refractivity contribution in [3.05, 3.63) is 24.0 Å². The van der Waals surface area contributed by atoms with Gasteiger partial charge in [0.1, 0.15) is 11.5 Å². The minimum absolute atomic E-state index is 0.0455. The summed E-state index contributed by atoms with van der Waals surface area (Å²) in [6.07, 6.45) is 1.20. The van der Waals surface area contributed by atoms with E-state index in [9.17, 15) is 5.11 Å². The molecule has 0 aliphatic heterocycles. The lowest BCUT2D eigenvalue weighted by Gasteiger charge is -2.15. The second-order valence-electron chi connectivity index (χ2n) is 3.33. The molecule has 0 spiro atoms. The normalized spacial score (nSPS) is 14.6. The monoisotopic (exact) mass is 225 g/mol. The second kappa shape index (κ2) is 5.14. The molecule has 1 aromatic rings. The largest absolute Gasteiger partial charge is 0.392 e. The molecule has 0 radical (unpaired) electrons. The van der Waals surface area contributed by atoms with E-state index in [0.717, 1.165) is 4.90 Å². The maximum atomic E-state index is 9.39. The number of nitrogen functional groups attached to an aromatic ring is 1. The number of aliphatic hydroxyl groups is 1. The van der Waals surface area contributed by atoms with Crippen LogP contribution in [-0.2, 0) is 0 Å². The lowest BCUT2D eigenvalue weighted by molar-refractivity contribution is 0.196. The van der Waals surface area contributed by atoms with Crippen molar-refractivity contribution >= 4 is 17.6 Å². The van der Waals surface area contributed by atoms with Crippen molar-refractivity contribution in [1.82, 2.24) is 4.98 Å². The van der Waals surface area contributed by atoms with Gasteiger partial charge in [-0.3, -0.25) is 10.4 Å². The Bertz CT molecular complexity index is 354. The molecular weight excluding hydrogens is 210 g/mol. The third kappa shape index (κ3) is 3.21. The van der Waals surface area contributed by atoms with E-state index in [4.69, 9.17) is 11.1 Å². The number of nitrogens with one attached hydrogen (secondary N) is 1. The smallest absolute Gasteiger partial charge is 0.142 e. The highest BCUT2D eigenvalue weighted by Crippen LogP contribution is 2.26. The molecule has 0 aromatic carbocycles. The van der Waals surface area contributed by atoms with Crippen molar-refractivity contribution in [3.8, 4) is 0 Å². The van der Waals surface area contributed by atoms with E-state index in [0.29, 0.717) is 5.69 Å². The van der Waals surface area contributed by atoms with Crippen LogP contribution in [0.4, 0.5) is 0 Å². The fourth-order valence-corrected chi connectivity index (χ4v) is 2.02. The number of aromatic nitrogens is 1. The Hall–Kier alpha value is -1.07.